The van der Waals surface area contributed by atoms with Gasteiger partial charge in [0.15, 0.2) is 0 Å². The molecule has 4 amide bonds. The summed E-state index contributed by atoms with van der Waals surface area (Å²) in [5.41, 5.74) is -0.764. The molecule has 2 saturated heterocycles. The topological polar surface area (TPSA) is 73.0 Å². The highest BCUT2D eigenvalue weighted by Gasteiger charge is 2.52. The zero-order valence-corrected chi connectivity index (χ0v) is 16.3. The minimum absolute atomic E-state index is 0.126. The third-order valence-electron chi connectivity index (χ3n) is 6.02. The number of hydrogen-bond acceptors (Lipinski definition) is 4. The van der Waals surface area contributed by atoms with Crippen LogP contribution in [0.15, 0.2) is 0 Å². The molecule has 3 rings (SSSR count). The molecule has 1 spiro atoms. The molecule has 0 aromatic carbocycles. The van der Waals surface area contributed by atoms with E-state index in [0.29, 0.717) is 37.8 Å². The number of nitrogens with zero attached hydrogens (tertiary/aromatic N) is 3. The first-order valence-electron chi connectivity index (χ1n) is 9.95. The van der Waals surface area contributed by atoms with Crippen LogP contribution in [0.25, 0.3) is 0 Å². The zero-order valence-electron chi connectivity index (χ0n) is 16.3. The van der Waals surface area contributed by atoms with Gasteiger partial charge in [-0.15, -0.1) is 0 Å². The van der Waals surface area contributed by atoms with Crippen LogP contribution in [-0.2, 0) is 9.59 Å². The summed E-state index contributed by atoms with van der Waals surface area (Å²) in [6, 6.07) is -0.406. The van der Waals surface area contributed by atoms with Gasteiger partial charge in [-0.25, -0.2) is 4.79 Å². The second-order valence-electron chi connectivity index (χ2n) is 8.66. The second kappa shape index (κ2) is 7.55. The third kappa shape index (κ3) is 3.87. The molecule has 0 aromatic heterocycles. The fourth-order valence-corrected chi connectivity index (χ4v) is 4.35. The van der Waals surface area contributed by atoms with Crippen molar-refractivity contribution < 1.29 is 14.4 Å². The smallest absolute Gasteiger partial charge is 0.325 e. The largest absolute Gasteiger partial charge is 0.339 e. The number of imide groups is 1. The summed E-state index contributed by atoms with van der Waals surface area (Å²) in [6.07, 6.45) is 3.23. The van der Waals surface area contributed by atoms with Gasteiger partial charge in [-0.3, -0.25) is 19.4 Å². The van der Waals surface area contributed by atoms with Crippen molar-refractivity contribution in [2.75, 3.05) is 39.3 Å². The maximum Gasteiger partial charge on any atom is 0.325 e. The van der Waals surface area contributed by atoms with E-state index < -0.39 is 11.6 Å². The molecular formula is C19H32N4O3. The molecule has 0 unspecified atom stereocenters. The maximum atomic E-state index is 12.9. The molecule has 146 valence electrons. The molecule has 0 bridgehead atoms. The van der Waals surface area contributed by atoms with E-state index in [9.17, 15) is 14.4 Å². The molecule has 7 heteroatoms. The number of rotatable bonds is 4. The highest BCUT2D eigenvalue weighted by molar-refractivity contribution is 6.09. The average Bonchev–Trinajstić information content (AvgIpc) is 2.82. The Kier molecular flexibility index (Phi) is 5.55. The van der Waals surface area contributed by atoms with E-state index in [1.165, 1.54) is 0 Å². The van der Waals surface area contributed by atoms with Crippen molar-refractivity contribution in [2.45, 2.75) is 52.0 Å². The molecule has 2 heterocycles. The van der Waals surface area contributed by atoms with Crippen molar-refractivity contribution in [3.8, 4) is 0 Å². The lowest BCUT2D eigenvalue weighted by Gasteiger charge is -2.36. The molecule has 0 aromatic rings. The Labute approximate surface area is 156 Å². The SMILES string of the molecule is CC(C)CN1CCN(C(=O)CN2C(=O)NC3(CCC(C)CC3)C2=O)CC1. The summed E-state index contributed by atoms with van der Waals surface area (Å²) in [6.45, 7) is 10.5. The Bertz CT molecular complexity index is 561. The first-order valence-corrected chi connectivity index (χ1v) is 9.95. The van der Waals surface area contributed by atoms with E-state index in [0.717, 1.165) is 37.4 Å². The highest BCUT2D eigenvalue weighted by Crippen LogP contribution is 2.36. The Morgan fingerprint density at radius 2 is 1.77 bits per heavy atom. The van der Waals surface area contributed by atoms with Crippen LogP contribution in [0.5, 0.6) is 0 Å². The summed E-state index contributed by atoms with van der Waals surface area (Å²) in [5, 5.41) is 2.89. The van der Waals surface area contributed by atoms with Gasteiger partial charge < -0.3 is 10.2 Å². The van der Waals surface area contributed by atoms with Crippen LogP contribution in [-0.4, -0.2) is 77.4 Å². The van der Waals surface area contributed by atoms with Gasteiger partial charge in [0, 0.05) is 32.7 Å². The fraction of sp³-hybridized carbons (Fsp3) is 0.842. The normalized spacial score (nSPS) is 30.4. The number of piperazine rings is 1. The van der Waals surface area contributed by atoms with E-state index in [4.69, 9.17) is 0 Å². The lowest BCUT2D eigenvalue weighted by atomic mass is 9.77. The number of nitrogens with one attached hydrogen (secondary N) is 1. The predicted molar refractivity (Wildman–Crippen MR) is 98.5 cm³/mol. The quantitative estimate of drug-likeness (QED) is 0.763. The van der Waals surface area contributed by atoms with Gasteiger partial charge in [0.25, 0.3) is 5.91 Å². The monoisotopic (exact) mass is 364 g/mol. The Hall–Kier alpha value is -1.63. The first-order chi connectivity index (χ1) is 12.3. The van der Waals surface area contributed by atoms with Crippen molar-refractivity contribution in [3.05, 3.63) is 0 Å². The minimum atomic E-state index is -0.764. The number of hydrogen-bond donors (Lipinski definition) is 1. The van der Waals surface area contributed by atoms with Crippen molar-refractivity contribution in [1.29, 1.82) is 0 Å². The summed E-state index contributed by atoms with van der Waals surface area (Å²) in [7, 11) is 0. The molecule has 2 aliphatic heterocycles. The minimum Gasteiger partial charge on any atom is -0.339 e. The standard InChI is InChI=1S/C19H32N4O3/c1-14(2)12-21-8-10-22(11-9-21)16(24)13-23-17(25)19(20-18(23)26)6-4-15(3)5-7-19/h14-15H,4-13H2,1-3H3,(H,20,26). The van der Waals surface area contributed by atoms with E-state index >= 15 is 0 Å². The molecule has 7 nitrogen and oxygen atoms in total. The Balaban J connectivity index is 1.55. The van der Waals surface area contributed by atoms with E-state index in [2.05, 4.69) is 31.0 Å². The van der Waals surface area contributed by atoms with Gasteiger partial charge in [-0.2, -0.15) is 0 Å². The molecule has 1 aliphatic carbocycles. The lowest BCUT2D eigenvalue weighted by Crippen LogP contribution is -2.53. The Morgan fingerprint density at radius 1 is 1.15 bits per heavy atom. The summed E-state index contributed by atoms with van der Waals surface area (Å²) >= 11 is 0. The van der Waals surface area contributed by atoms with Gasteiger partial charge >= 0.3 is 6.03 Å². The Morgan fingerprint density at radius 3 is 2.35 bits per heavy atom. The molecule has 0 radical (unpaired) electrons. The van der Waals surface area contributed by atoms with E-state index in [-0.39, 0.29) is 18.4 Å². The van der Waals surface area contributed by atoms with Crippen molar-refractivity contribution in [3.63, 3.8) is 0 Å². The lowest BCUT2D eigenvalue weighted by molar-refractivity contribution is -0.140. The van der Waals surface area contributed by atoms with Crippen LogP contribution >= 0.6 is 0 Å². The van der Waals surface area contributed by atoms with Gasteiger partial charge in [-0.1, -0.05) is 20.8 Å². The first kappa shape index (κ1) is 19.1. The summed E-state index contributed by atoms with van der Waals surface area (Å²) in [4.78, 5) is 43.1. The molecular weight excluding hydrogens is 332 g/mol. The number of urea groups is 1. The van der Waals surface area contributed by atoms with Crippen molar-refractivity contribution >= 4 is 17.8 Å². The summed E-state index contributed by atoms with van der Waals surface area (Å²) in [5.74, 6) is 0.862. The molecule has 1 saturated carbocycles. The molecule has 1 N–H and O–H groups in total. The maximum absolute atomic E-state index is 12.9. The van der Waals surface area contributed by atoms with E-state index in [1.807, 2.05) is 0 Å². The number of amides is 4. The van der Waals surface area contributed by atoms with Crippen LogP contribution in [0.1, 0.15) is 46.5 Å². The zero-order chi connectivity index (χ0) is 18.9. The van der Waals surface area contributed by atoms with Gasteiger partial charge in [0.05, 0.1) is 0 Å². The van der Waals surface area contributed by atoms with Crippen LogP contribution in [0.4, 0.5) is 4.79 Å². The molecule has 3 fully saturated rings. The van der Waals surface area contributed by atoms with Gasteiger partial charge in [0.1, 0.15) is 12.1 Å². The van der Waals surface area contributed by atoms with Crippen LogP contribution in [0.3, 0.4) is 0 Å². The predicted octanol–water partition coefficient (Wildman–Crippen LogP) is 1.29. The third-order valence-corrected chi connectivity index (χ3v) is 6.02. The van der Waals surface area contributed by atoms with Crippen LogP contribution in [0.2, 0.25) is 0 Å². The van der Waals surface area contributed by atoms with Crippen molar-refractivity contribution in [2.24, 2.45) is 11.8 Å². The summed E-state index contributed by atoms with van der Waals surface area (Å²) < 4.78 is 0. The van der Waals surface area contributed by atoms with Crippen molar-refractivity contribution in [1.82, 2.24) is 20.0 Å². The number of carbonyl (C=O) groups is 3. The van der Waals surface area contributed by atoms with Crippen LogP contribution < -0.4 is 5.32 Å². The second-order valence-corrected chi connectivity index (χ2v) is 8.66. The van der Waals surface area contributed by atoms with E-state index in [1.54, 1.807) is 4.90 Å². The number of carbonyl (C=O) groups excluding carboxylic acids is 3. The van der Waals surface area contributed by atoms with Crippen LogP contribution in [0, 0.1) is 11.8 Å². The fourth-order valence-electron chi connectivity index (χ4n) is 4.35. The molecule has 26 heavy (non-hydrogen) atoms. The van der Waals surface area contributed by atoms with Gasteiger partial charge in [-0.05, 0) is 37.5 Å². The molecule has 0 atom stereocenters. The average molecular weight is 364 g/mol. The highest BCUT2D eigenvalue weighted by atomic mass is 16.2. The van der Waals surface area contributed by atoms with Gasteiger partial charge in [0.2, 0.25) is 5.91 Å². The molecule has 3 aliphatic rings.